The van der Waals surface area contributed by atoms with Crippen molar-refractivity contribution in [3.05, 3.63) is 77.0 Å². The molecule has 29 heavy (non-hydrogen) atoms. The number of aryl methyl sites for hydroxylation is 1. The lowest BCUT2D eigenvalue weighted by Gasteiger charge is -2.27. The summed E-state index contributed by atoms with van der Waals surface area (Å²) in [6.45, 7) is 1.56. The van der Waals surface area contributed by atoms with Gasteiger partial charge >= 0.3 is 6.03 Å². The highest BCUT2D eigenvalue weighted by atomic mass is 35.5. The number of para-hydroxylation sites is 1. The van der Waals surface area contributed by atoms with Crippen molar-refractivity contribution in [1.82, 2.24) is 20.4 Å². The van der Waals surface area contributed by atoms with Crippen molar-refractivity contribution >= 4 is 24.3 Å². The SMILES string of the molecule is Cl.O=C(Nc1c2c(nn1-c1ccccc1)CCC2)NC1CNCc2ccccc21. The number of nitrogens with one attached hydrogen (secondary N) is 3. The van der Waals surface area contributed by atoms with Crippen LogP contribution in [0.1, 0.15) is 34.8 Å². The minimum atomic E-state index is -0.199. The van der Waals surface area contributed by atoms with Crippen LogP contribution in [0.15, 0.2) is 54.6 Å². The van der Waals surface area contributed by atoms with Crippen LogP contribution in [-0.4, -0.2) is 22.4 Å². The van der Waals surface area contributed by atoms with E-state index in [0.717, 1.165) is 55.1 Å². The third-order valence-electron chi connectivity index (χ3n) is 5.54. The van der Waals surface area contributed by atoms with Gasteiger partial charge in [-0.1, -0.05) is 42.5 Å². The molecule has 2 amide bonds. The molecule has 3 N–H and O–H groups in total. The first-order valence-electron chi connectivity index (χ1n) is 9.82. The van der Waals surface area contributed by atoms with E-state index >= 15 is 0 Å². The van der Waals surface area contributed by atoms with Crippen LogP contribution in [0, 0.1) is 0 Å². The van der Waals surface area contributed by atoms with Crippen molar-refractivity contribution < 1.29 is 4.79 Å². The zero-order chi connectivity index (χ0) is 18.9. The normalized spacial score (nSPS) is 17.0. The summed E-state index contributed by atoms with van der Waals surface area (Å²) in [6.07, 6.45) is 3.00. The average Bonchev–Trinajstić information content (AvgIpc) is 3.32. The number of hydrogen-bond acceptors (Lipinski definition) is 3. The number of hydrogen-bond donors (Lipinski definition) is 3. The van der Waals surface area contributed by atoms with Crippen LogP contribution in [0.25, 0.3) is 5.69 Å². The zero-order valence-electron chi connectivity index (χ0n) is 16.0. The third kappa shape index (κ3) is 3.73. The van der Waals surface area contributed by atoms with Gasteiger partial charge in [-0.2, -0.15) is 5.10 Å². The Hall–Kier alpha value is -2.83. The highest BCUT2D eigenvalue weighted by molar-refractivity contribution is 5.90. The number of rotatable bonds is 3. The van der Waals surface area contributed by atoms with E-state index in [-0.39, 0.29) is 24.5 Å². The van der Waals surface area contributed by atoms with Crippen molar-refractivity contribution in [2.24, 2.45) is 0 Å². The number of carbonyl (C=O) groups excluding carboxylic acids is 1. The van der Waals surface area contributed by atoms with Crippen molar-refractivity contribution in [3.8, 4) is 5.69 Å². The van der Waals surface area contributed by atoms with Gasteiger partial charge in [0, 0.05) is 18.7 Å². The molecule has 0 saturated carbocycles. The maximum atomic E-state index is 12.9. The van der Waals surface area contributed by atoms with Gasteiger partial charge in [-0.25, -0.2) is 9.48 Å². The fraction of sp³-hybridized carbons (Fsp3) is 0.273. The van der Waals surface area contributed by atoms with E-state index in [1.54, 1.807) is 0 Å². The topological polar surface area (TPSA) is 71.0 Å². The Kier molecular flexibility index (Phi) is 5.56. The van der Waals surface area contributed by atoms with Crippen molar-refractivity contribution in [2.75, 3.05) is 11.9 Å². The number of anilines is 1. The van der Waals surface area contributed by atoms with Gasteiger partial charge < -0.3 is 10.6 Å². The van der Waals surface area contributed by atoms with Crippen LogP contribution in [-0.2, 0) is 19.4 Å². The van der Waals surface area contributed by atoms with Gasteiger partial charge in [-0.15, -0.1) is 12.4 Å². The van der Waals surface area contributed by atoms with Crippen molar-refractivity contribution in [2.45, 2.75) is 31.8 Å². The van der Waals surface area contributed by atoms with E-state index in [4.69, 9.17) is 5.10 Å². The monoisotopic (exact) mass is 409 g/mol. The van der Waals surface area contributed by atoms with Crippen LogP contribution >= 0.6 is 12.4 Å². The summed E-state index contributed by atoms with van der Waals surface area (Å²) in [5.74, 6) is 0.785. The van der Waals surface area contributed by atoms with E-state index in [9.17, 15) is 4.79 Å². The molecule has 1 atom stereocenters. The lowest BCUT2D eigenvalue weighted by Crippen LogP contribution is -2.41. The molecule has 5 rings (SSSR count). The Morgan fingerprint density at radius 2 is 1.86 bits per heavy atom. The predicted molar refractivity (Wildman–Crippen MR) is 116 cm³/mol. The van der Waals surface area contributed by atoms with Gasteiger partial charge in [0.15, 0.2) is 0 Å². The standard InChI is InChI=1S/C22H23N5O.ClH/c28-22(24-20-14-23-13-15-7-4-5-10-17(15)20)25-21-18-11-6-12-19(18)26-27(21)16-8-2-1-3-9-16;/h1-5,7-10,20,23H,6,11-14H2,(H2,24,25,28);1H. The first kappa shape index (κ1) is 19.5. The fourth-order valence-corrected chi connectivity index (χ4v) is 4.20. The summed E-state index contributed by atoms with van der Waals surface area (Å²) in [5.41, 5.74) is 5.61. The smallest absolute Gasteiger partial charge is 0.320 e. The van der Waals surface area contributed by atoms with E-state index in [1.165, 1.54) is 11.1 Å². The van der Waals surface area contributed by atoms with E-state index in [1.807, 2.05) is 47.1 Å². The molecule has 0 radical (unpaired) electrons. The Balaban J connectivity index is 0.00000205. The Labute approximate surface area is 176 Å². The Morgan fingerprint density at radius 1 is 1.07 bits per heavy atom. The van der Waals surface area contributed by atoms with Crippen LogP contribution in [0.5, 0.6) is 0 Å². The second-order valence-electron chi connectivity index (χ2n) is 7.36. The molecule has 0 fully saturated rings. The third-order valence-corrected chi connectivity index (χ3v) is 5.54. The molecule has 0 saturated heterocycles. The first-order chi connectivity index (χ1) is 13.8. The largest absolute Gasteiger partial charge is 0.330 e. The number of carbonyl (C=O) groups is 1. The van der Waals surface area contributed by atoms with E-state index in [0.29, 0.717) is 0 Å². The number of nitrogens with zero attached hydrogens (tertiary/aromatic N) is 2. The van der Waals surface area contributed by atoms with Gasteiger partial charge in [-0.3, -0.25) is 5.32 Å². The molecular formula is C22H24ClN5O. The molecule has 150 valence electrons. The fourth-order valence-electron chi connectivity index (χ4n) is 4.20. The van der Waals surface area contributed by atoms with Gasteiger partial charge in [0.2, 0.25) is 0 Å². The number of fused-ring (bicyclic) bond motifs is 2. The van der Waals surface area contributed by atoms with Crippen LogP contribution in [0.4, 0.5) is 10.6 Å². The molecule has 1 aliphatic carbocycles. The molecule has 3 aromatic rings. The maximum absolute atomic E-state index is 12.9. The minimum Gasteiger partial charge on any atom is -0.330 e. The number of halogens is 1. The number of benzene rings is 2. The van der Waals surface area contributed by atoms with Crippen molar-refractivity contribution in [3.63, 3.8) is 0 Å². The molecule has 2 aromatic carbocycles. The average molecular weight is 410 g/mol. The van der Waals surface area contributed by atoms with Crippen LogP contribution in [0.2, 0.25) is 0 Å². The molecule has 1 aromatic heterocycles. The second-order valence-corrected chi connectivity index (χ2v) is 7.36. The Bertz CT molecular complexity index is 1020. The lowest BCUT2D eigenvalue weighted by atomic mass is 9.97. The summed E-state index contributed by atoms with van der Waals surface area (Å²) in [7, 11) is 0. The number of aromatic nitrogens is 2. The van der Waals surface area contributed by atoms with Gasteiger partial charge in [0.25, 0.3) is 0 Å². The molecule has 2 aliphatic rings. The van der Waals surface area contributed by atoms with Gasteiger partial charge in [-0.05, 0) is 42.5 Å². The number of amides is 2. The summed E-state index contributed by atoms with van der Waals surface area (Å²) in [4.78, 5) is 12.9. The molecular weight excluding hydrogens is 386 g/mol. The van der Waals surface area contributed by atoms with E-state index in [2.05, 4.69) is 28.1 Å². The highest BCUT2D eigenvalue weighted by Crippen LogP contribution is 2.31. The molecule has 1 aliphatic heterocycles. The molecule has 0 spiro atoms. The number of urea groups is 1. The zero-order valence-corrected chi connectivity index (χ0v) is 16.8. The molecule has 7 heteroatoms. The molecule has 6 nitrogen and oxygen atoms in total. The summed E-state index contributed by atoms with van der Waals surface area (Å²) in [6, 6.07) is 18.0. The maximum Gasteiger partial charge on any atom is 0.320 e. The summed E-state index contributed by atoms with van der Waals surface area (Å²) in [5, 5.41) is 14.4. The van der Waals surface area contributed by atoms with Crippen LogP contribution < -0.4 is 16.0 Å². The molecule has 2 heterocycles. The Morgan fingerprint density at radius 3 is 2.72 bits per heavy atom. The summed E-state index contributed by atoms with van der Waals surface area (Å²) >= 11 is 0. The second kappa shape index (κ2) is 8.27. The first-order valence-corrected chi connectivity index (χ1v) is 9.82. The molecule has 0 bridgehead atoms. The predicted octanol–water partition coefficient (Wildman–Crippen LogP) is 3.75. The van der Waals surface area contributed by atoms with Crippen LogP contribution in [0.3, 0.4) is 0 Å². The lowest BCUT2D eigenvalue weighted by molar-refractivity contribution is 0.247. The van der Waals surface area contributed by atoms with Crippen molar-refractivity contribution in [1.29, 1.82) is 0 Å². The van der Waals surface area contributed by atoms with E-state index < -0.39 is 0 Å². The summed E-state index contributed by atoms with van der Waals surface area (Å²) < 4.78 is 1.86. The molecule has 1 unspecified atom stereocenters. The van der Waals surface area contributed by atoms with Gasteiger partial charge in [0.05, 0.1) is 17.4 Å². The quantitative estimate of drug-likeness (QED) is 0.617. The highest BCUT2D eigenvalue weighted by Gasteiger charge is 2.26. The van der Waals surface area contributed by atoms with Gasteiger partial charge in [0.1, 0.15) is 5.82 Å². The minimum absolute atomic E-state index is 0.